The van der Waals surface area contributed by atoms with Gasteiger partial charge in [-0.05, 0) is 111 Å². The fraction of sp³-hybridized carbons (Fsp3) is 0. The average molecular weight is 1200 g/mol. The molecule has 438 valence electrons. The van der Waals surface area contributed by atoms with Gasteiger partial charge >= 0.3 is 0 Å². The average Bonchev–Trinajstić information content (AvgIpc) is 1.50. The smallest absolute Gasteiger partial charge is 0.0634 e. The highest BCUT2D eigenvalue weighted by Gasteiger charge is 2.32. The predicted octanol–water partition coefficient (Wildman–Crippen LogP) is 24.9. The molecule has 0 bridgehead atoms. The van der Waals surface area contributed by atoms with E-state index in [9.17, 15) is 0 Å². The number of aromatic nitrogens is 2. The van der Waals surface area contributed by atoms with Gasteiger partial charge in [-0.15, -0.1) is 0 Å². The summed E-state index contributed by atoms with van der Waals surface area (Å²) in [6.45, 7) is 0. The van der Waals surface area contributed by atoms with Crippen molar-refractivity contribution in [3.8, 4) is 66.8 Å². The van der Waals surface area contributed by atoms with E-state index in [1.165, 1.54) is 110 Å². The summed E-state index contributed by atoms with van der Waals surface area (Å²) in [6.07, 6.45) is 0. The lowest BCUT2D eigenvalue weighted by atomic mass is 9.89. The molecule has 4 heterocycles. The quantitative estimate of drug-likeness (QED) is 0.121. The molecular weight excluding hydrogens is 1140 g/mol. The molecule has 0 amide bonds. The lowest BCUT2D eigenvalue weighted by Crippen LogP contribution is -2.11. The van der Waals surface area contributed by atoms with Crippen LogP contribution in [0.25, 0.3) is 143 Å². The van der Waals surface area contributed by atoms with Crippen LogP contribution in [-0.2, 0) is 0 Å². The number of rotatable bonds is 12. The number of fused-ring (bicyclic) bond motifs is 12. The van der Waals surface area contributed by atoms with E-state index in [1.807, 2.05) is 0 Å². The summed E-state index contributed by atoms with van der Waals surface area (Å²) in [5.74, 6) is 0. The molecule has 0 saturated carbocycles. The van der Waals surface area contributed by atoms with Gasteiger partial charge in [0.25, 0.3) is 0 Å². The van der Waals surface area contributed by atoms with Crippen molar-refractivity contribution in [1.82, 2.24) is 8.80 Å². The number of para-hydroxylation sites is 4. The molecule has 19 rings (SSSR count). The van der Waals surface area contributed by atoms with E-state index in [0.29, 0.717) is 0 Å². The molecule has 4 aromatic heterocycles. The summed E-state index contributed by atoms with van der Waals surface area (Å²) in [4.78, 5) is 4.92. The number of hydrogen-bond acceptors (Lipinski definition) is 2. The Morgan fingerprint density at radius 2 is 0.543 bits per heavy atom. The second kappa shape index (κ2) is 21.6. The Bertz CT molecular complexity index is 5840. The zero-order valence-electron chi connectivity index (χ0n) is 51.3. The molecule has 0 unspecified atom stereocenters. The first-order valence-corrected chi connectivity index (χ1v) is 32.4. The molecule has 19 aromatic rings. The molecule has 4 nitrogen and oxygen atoms in total. The van der Waals surface area contributed by atoms with Gasteiger partial charge in [0.2, 0.25) is 0 Å². The first-order valence-electron chi connectivity index (χ1n) is 32.4. The van der Waals surface area contributed by atoms with Crippen molar-refractivity contribution in [3.63, 3.8) is 0 Å². The Balaban J connectivity index is 0.919. The summed E-state index contributed by atoms with van der Waals surface area (Å²) in [6, 6.07) is 130. The number of benzene rings is 15. The van der Waals surface area contributed by atoms with Crippen LogP contribution in [0.15, 0.2) is 352 Å². The van der Waals surface area contributed by atoms with Crippen molar-refractivity contribution in [2.24, 2.45) is 0 Å². The summed E-state index contributed by atoms with van der Waals surface area (Å²) < 4.78 is 5.28. The van der Waals surface area contributed by atoms with Crippen LogP contribution in [0.3, 0.4) is 0 Å². The minimum Gasteiger partial charge on any atom is -0.310 e. The molecule has 0 radical (unpaired) electrons. The van der Waals surface area contributed by atoms with Gasteiger partial charge in [-0.25, -0.2) is 0 Å². The highest BCUT2D eigenvalue weighted by Crippen LogP contribution is 2.55. The van der Waals surface area contributed by atoms with Crippen LogP contribution in [-0.4, -0.2) is 8.80 Å². The summed E-state index contributed by atoms with van der Waals surface area (Å²) in [7, 11) is 0. The second-order valence-corrected chi connectivity index (χ2v) is 24.7. The minimum absolute atomic E-state index is 1.07. The van der Waals surface area contributed by atoms with Gasteiger partial charge in [-0.2, -0.15) is 0 Å². The van der Waals surface area contributed by atoms with E-state index in [4.69, 9.17) is 0 Å². The Morgan fingerprint density at radius 3 is 1.03 bits per heavy atom. The van der Waals surface area contributed by atoms with E-state index < -0.39 is 0 Å². The van der Waals surface area contributed by atoms with Crippen molar-refractivity contribution in [2.45, 2.75) is 0 Å². The van der Waals surface area contributed by atoms with Crippen LogP contribution < -0.4 is 9.80 Å². The zero-order valence-corrected chi connectivity index (χ0v) is 51.3. The fourth-order valence-electron chi connectivity index (χ4n) is 15.5. The van der Waals surface area contributed by atoms with Crippen molar-refractivity contribution >= 4 is 110 Å². The third kappa shape index (κ3) is 8.26. The molecule has 0 spiro atoms. The number of anilines is 6. The topological polar surface area (TPSA) is 15.3 Å². The predicted molar refractivity (Wildman–Crippen MR) is 398 cm³/mol. The zero-order chi connectivity index (χ0) is 61.8. The second-order valence-electron chi connectivity index (χ2n) is 24.7. The minimum atomic E-state index is 1.07. The molecule has 0 aliphatic heterocycles. The maximum absolute atomic E-state index is 2.64. The Morgan fingerprint density at radius 1 is 0.191 bits per heavy atom. The van der Waals surface area contributed by atoms with Gasteiger partial charge in [-0.1, -0.05) is 285 Å². The third-order valence-corrected chi connectivity index (χ3v) is 19.5. The van der Waals surface area contributed by atoms with Crippen LogP contribution in [0.4, 0.5) is 34.1 Å². The molecule has 15 aromatic carbocycles. The highest BCUT2D eigenvalue weighted by molar-refractivity contribution is 6.38. The first kappa shape index (κ1) is 53.3. The summed E-state index contributed by atoms with van der Waals surface area (Å²) >= 11 is 0. The van der Waals surface area contributed by atoms with Gasteiger partial charge in [0.15, 0.2) is 0 Å². The van der Waals surface area contributed by atoms with Crippen molar-refractivity contribution < 1.29 is 0 Å². The summed E-state index contributed by atoms with van der Waals surface area (Å²) in [5, 5.41) is 9.78. The highest BCUT2D eigenvalue weighted by atomic mass is 15.2. The largest absolute Gasteiger partial charge is 0.310 e. The molecule has 0 N–H and O–H groups in total. The van der Waals surface area contributed by atoms with E-state index in [2.05, 4.69) is 370 Å². The fourth-order valence-corrected chi connectivity index (χ4v) is 15.5. The first-order chi connectivity index (χ1) is 46.7. The van der Waals surface area contributed by atoms with Gasteiger partial charge < -0.3 is 18.6 Å². The van der Waals surface area contributed by atoms with Crippen LogP contribution in [0, 0.1) is 0 Å². The molecule has 0 aliphatic rings. The number of hydrogen-bond donors (Lipinski definition) is 0. The number of nitrogens with zero attached hydrogens (tertiary/aromatic N) is 4. The van der Waals surface area contributed by atoms with Gasteiger partial charge in [0, 0.05) is 88.1 Å². The van der Waals surface area contributed by atoms with E-state index in [1.54, 1.807) is 0 Å². The van der Waals surface area contributed by atoms with Crippen LogP contribution in [0.2, 0.25) is 0 Å². The summed E-state index contributed by atoms with van der Waals surface area (Å²) in [5.41, 5.74) is 27.7. The Hall–Kier alpha value is -12.5. The standard InChI is InChI=1S/C90H58N4/c1-8-26-59(27-9-1)61-46-49-68(50-47-61)92(79-45-23-22-40-71(79)62-30-12-3-13-31-62)70-52-54-73-75-42-25-44-77-86-83(64-34-16-5-17-35-64)89-85(84(65-36-18-6-19-37-65)90(86)94(88(75)77)82(73)58-70)76-43-24-41-74-72-53-51-69(57-81(72)93(89)87(74)76)91(67-38-20-7-21-39-67)80-55-48-66(60-28-10-2-11-29-60)56-78(80)63-32-14-4-15-33-63/h1-58H. The van der Waals surface area contributed by atoms with Crippen LogP contribution >= 0.6 is 0 Å². The normalized spacial score (nSPS) is 11.8. The molecule has 0 saturated heterocycles. The monoisotopic (exact) mass is 1190 g/mol. The Labute approximate surface area is 544 Å². The lowest BCUT2D eigenvalue weighted by molar-refractivity contribution is 1.28. The maximum atomic E-state index is 2.64. The Kier molecular flexibility index (Phi) is 12.3. The van der Waals surface area contributed by atoms with Crippen LogP contribution in [0.1, 0.15) is 0 Å². The van der Waals surface area contributed by atoms with E-state index in [0.717, 1.165) is 67.4 Å². The SMILES string of the molecule is c1ccc(-c2ccc(N(c3ccc4c5cccc6c7c(-c8ccccc8)c8c(c(-c9ccccc9)c7n(c4c3)c56)c3cccc4c5ccc(N(c6ccccc6)c6ccc(-c7ccccc7)cc6-c6ccccc6)cc5n8c43)c3ccccc3-c3ccccc3)cc2)cc1. The van der Waals surface area contributed by atoms with Crippen molar-refractivity contribution in [1.29, 1.82) is 0 Å². The lowest BCUT2D eigenvalue weighted by Gasteiger charge is -2.28. The molecule has 0 aliphatic carbocycles. The van der Waals surface area contributed by atoms with E-state index in [-0.39, 0.29) is 0 Å². The van der Waals surface area contributed by atoms with Gasteiger partial charge in [-0.3, -0.25) is 0 Å². The molecule has 4 heteroatoms. The van der Waals surface area contributed by atoms with E-state index >= 15 is 0 Å². The van der Waals surface area contributed by atoms with Crippen molar-refractivity contribution in [2.75, 3.05) is 9.80 Å². The maximum Gasteiger partial charge on any atom is 0.0634 e. The molecule has 94 heavy (non-hydrogen) atoms. The molecule has 0 fully saturated rings. The van der Waals surface area contributed by atoms with Gasteiger partial charge in [0.1, 0.15) is 0 Å². The third-order valence-electron chi connectivity index (χ3n) is 19.5. The van der Waals surface area contributed by atoms with Gasteiger partial charge in [0.05, 0.1) is 44.5 Å². The molecular formula is C90H58N4. The molecule has 0 atom stereocenters. The van der Waals surface area contributed by atoms with Crippen LogP contribution in [0.5, 0.6) is 0 Å². The van der Waals surface area contributed by atoms with Crippen molar-refractivity contribution in [3.05, 3.63) is 352 Å².